The zero-order chi connectivity index (χ0) is 19.1. The Bertz CT molecular complexity index is 1240. The summed E-state index contributed by atoms with van der Waals surface area (Å²) >= 11 is 7.15. The number of halogens is 1. The summed E-state index contributed by atoms with van der Waals surface area (Å²) < 4.78 is 1.82. The first-order valence-corrected chi connectivity index (χ1v) is 9.43. The standard InChI is InChI=1S/C19H15ClN4O2S/c1-10-7-11(2)22-18-15(10)16-17(27-18)19(26)24(9-21-16)8-14(25)23-13-5-3-12(20)4-6-13/h3-7,9H,8H2,1-2H3,(H,23,25). The van der Waals surface area contributed by atoms with Gasteiger partial charge in [0.1, 0.15) is 16.1 Å². The van der Waals surface area contributed by atoms with Crippen LogP contribution in [0.25, 0.3) is 20.4 Å². The highest BCUT2D eigenvalue weighted by Gasteiger charge is 2.16. The number of anilines is 1. The van der Waals surface area contributed by atoms with Crippen molar-refractivity contribution in [1.82, 2.24) is 14.5 Å². The second-order valence-electron chi connectivity index (χ2n) is 6.27. The minimum absolute atomic E-state index is 0.121. The maximum atomic E-state index is 12.8. The number of rotatable bonds is 3. The van der Waals surface area contributed by atoms with Gasteiger partial charge in [0.25, 0.3) is 5.56 Å². The van der Waals surface area contributed by atoms with Gasteiger partial charge in [0, 0.05) is 21.8 Å². The maximum absolute atomic E-state index is 12.8. The van der Waals surface area contributed by atoms with Gasteiger partial charge in [-0.3, -0.25) is 14.2 Å². The molecule has 0 saturated carbocycles. The van der Waals surface area contributed by atoms with E-state index in [1.54, 1.807) is 24.3 Å². The van der Waals surface area contributed by atoms with E-state index in [0.717, 1.165) is 21.5 Å². The largest absolute Gasteiger partial charge is 0.325 e. The minimum atomic E-state index is -0.313. The van der Waals surface area contributed by atoms with Crippen LogP contribution in [0.15, 0.2) is 41.5 Å². The van der Waals surface area contributed by atoms with E-state index < -0.39 is 0 Å². The van der Waals surface area contributed by atoms with Gasteiger partial charge in [-0.05, 0) is 49.7 Å². The summed E-state index contributed by atoms with van der Waals surface area (Å²) in [6.45, 7) is 3.78. The molecule has 0 aliphatic carbocycles. The zero-order valence-corrected chi connectivity index (χ0v) is 16.2. The third kappa shape index (κ3) is 3.31. The summed E-state index contributed by atoms with van der Waals surface area (Å²) in [7, 11) is 0. The summed E-state index contributed by atoms with van der Waals surface area (Å²) in [6.07, 6.45) is 1.41. The number of aryl methyl sites for hydroxylation is 2. The number of aromatic nitrogens is 3. The molecule has 1 amide bonds. The van der Waals surface area contributed by atoms with Crippen molar-refractivity contribution in [2.45, 2.75) is 20.4 Å². The van der Waals surface area contributed by atoms with Gasteiger partial charge in [-0.2, -0.15) is 0 Å². The normalized spacial score (nSPS) is 11.2. The number of hydrogen-bond acceptors (Lipinski definition) is 5. The highest BCUT2D eigenvalue weighted by molar-refractivity contribution is 7.25. The Balaban J connectivity index is 1.68. The molecule has 8 heteroatoms. The molecule has 136 valence electrons. The van der Waals surface area contributed by atoms with E-state index in [-0.39, 0.29) is 18.0 Å². The van der Waals surface area contributed by atoms with E-state index in [1.165, 1.54) is 22.2 Å². The minimum Gasteiger partial charge on any atom is -0.325 e. The summed E-state index contributed by atoms with van der Waals surface area (Å²) in [5, 5.41) is 4.23. The fourth-order valence-electron chi connectivity index (χ4n) is 3.00. The first-order chi connectivity index (χ1) is 12.9. The molecule has 3 aromatic heterocycles. The maximum Gasteiger partial charge on any atom is 0.271 e. The van der Waals surface area contributed by atoms with Crippen LogP contribution < -0.4 is 10.9 Å². The molecule has 6 nitrogen and oxygen atoms in total. The first-order valence-electron chi connectivity index (χ1n) is 8.23. The molecule has 4 aromatic rings. The third-order valence-electron chi connectivity index (χ3n) is 4.19. The van der Waals surface area contributed by atoms with Gasteiger partial charge in [-0.1, -0.05) is 11.6 Å². The highest BCUT2D eigenvalue weighted by Crippen LogP contribution is 2.31. The van der Waals surface area contributed by atoms with Crippen LogP contribution in [0.1, 0.15) is 11.3 Å². The summed E-state index contributed by atoms with van der Waals surface area (Å²) in [5.41, 5.74) is 2.94. The number of fused-ring (bicyclic) bond motifs is 3. The monoisotopic (exact) mass is 398 g/mol. The smallest absolute Gasteiger partial charge is 0.271 e. The van der Waals surface area contributed by atoms with E-state index in [0.29, 0.717) is 20.9 Å². The summed E-state index contributed by atoms with van der Waals surface area (Å²) in [4.78, 5) is 34.8. The number of thiophene rings is 1. The lowest BCUT2D eigenvalue weighted by Crippen LogP contribution is -2.27. The van der Waals surface area contributed by atoms with Crippen molar-refractivity contribution in [1.29, 1.82) is 0 Å². The molecule has 0 aliphatic heterocycles. The topological polar surface area (TPSA) is 76.9 Å². The fraction of sp³-hybridized carbons (Fsp3) is 0.158. The number of nitrogens with zero attached hydrogens (tertiary/aromatic N) is 3. The Kier molecular flexibility index (Phi) is 4.41. The number of benzene rings is 1. The SMILES string of the molecule is Cc1cc(C)c2c(n1)sc1c(=O)n(CC(=O)Nc3ccc(Cl)cc3)cnc12. The molecule has 0 unspecified atom stereocenters. The van der Waals surface area contributed by atoms with Crippen LogP contribution in [0.4, 0.5) is 5.69 Å². The van der Waals surface area contributed by atoms with Crippen molar-refractivity contribution in [2.24, 2.45) is 0 Å². The average molecular weight is 399 g/mol. The number of pyridine rings is 1. The van der Waals surface area contributed by atoms with Crippen LogP contribution in [0.3, 0.4) is 0 Å². The zero-order valence-electron chi connectivity index (χ0n) is 14.6. The molecule has 3 heterocycles. The molecule has 1 aromatic carbocycles. The number of hydrogen-bond donors (Lipinski definition) is 1. The van der Waals surface area contributed by atoms with Crippen molar-refractivity contribution < 1.29 is 4.79 Å². The van der Waals surface area contributed by atoms with Crippen LogP contribution in [0.2, 0.25) is 5.02 Å². The lowest BCUT2D eigenvalue weighted by Gasteiger charge is -2.07. The Morgan fingerprint density at radius 1 is 1.26 bits per heavy atom. The van der Waals surface area contributed by atoms with E-state index >= 15 is 0 Å². The van der Waals surface area contributed by atoms with Gasteiger partial charge in [-0.15, -0.1) is 11.3 Å². The van der Waals surface area contributed by atoms with Gasteiger partial charge in [0.2, 0.25) is 5.91 Å². The Labute approximate surface area is 163 Å². The molecule has 0 aliphatic rings. The number of amides is 1. The van der Waals surface area contributed by atoms with Crippen LogP contribution >= 0.6 is 22.9 Å². The summed E-state index contributed by atoms with van der Waals surface area (Å²) in [5.74, 6) is -0.313. The van der Waals surface area contributed by atoms with E-state index in [9.17, 15) is 9.59 Å². The van der Waals surface area contributed by atoms with Gasteiger partial charge in [-0.25, -0.2) is 9.97 Å². The Morgan fingerprint density at radius 3 is 2.74 bits per heavy atom. The number of carbonyl (C=O) groups is 1. The van der Waals surface area contributed by atoms with E-state index in [2.05, 4.69) is 15.3 Å². The molecule has 27 heavy (non-hydrogen) atoms. The molecule has 1 N–H and O–H groups in total. The molecule has 0 bridgehead atoms. The number of carbonyl (C=O) groups excluding carboxylic acids is 1. The fourth-order valence-corrected chi connectivity index (χ4v) is 4.33. The quantitative estimate of drug-likeness (QED) is 0.567. The third-order valence-corrected chi connectivity index (χ3v) is 5.50. The van der Waals surface area contributed by atoms with Gasteiger partial charge in [0.15, 0.2) is 0 Å². The van der Waals surface area contributed by atoms with Crippen LogP contribution in [0.5, 0.6) is 0 Å². The first kappa shape index (κ1) is 17.6. The predicted molar refractivity (Wildman–Crippen MR) is 109 cm³/mol. The molecule has 4 rings (SSSR count). The lowest BCUT2D eigenvalue weighted by molar-refractivity contribution is -0.116. The van der Waals surface area contributed by atoms with E-state index in [4.69, 9.17) is 11.6 Å². The molecular weight excluding hydrogens is 384 g/mol. The Morgan fingerprint density at radius 2 is 2.00 bits per heavy atom. The summed E-state index contributed by atoms with van der Waals surface area (Å²) in [6, 6.07) is 8.75. The highest BCUT2D eigenvalue weighted by atomic mass is 35.5. The molecule has 0 radical (unpaired) electrons. The van der Waals surface area contributed by atoms with Crippen molar-refractivity contribution in [3.05, 3.63) is 63.3 Å². The van der Waals surface area contributed by atoms with Crippen molar-refractivity contribution in [2.75, 3.05) is 5.32 Å². The van der Waals surface area contributed by atoms with Gasteiger partial charge >= 0.3 is 0 Å². The van der Waals surface area contributed by atoms with Crippen molar-refractivity contribution in [3.8, 4) is 0 Å². The van der Waals surface area contributed by atoms with Crippen molar-refractivity contribution >= 4 is 55.0 Å². The molecular formula is C19H15ClN4O2S. The van der Waals surface area contributed by atoms with Crippen LogP contribution in [-0.4, -0.2) is 20.4 Å². The molecule has 0 atom stereocenters. The lowest BCUT2D eigenvalue weighted by atomic mass is 10.1. The van der Waals surface area contributed by atoms with Gasteiger partial charge in [0.05, 0.1) is 11.8 Å². The van der Waals surface area contributed by atoms with Crippen LogP contribution in [0, 0.1) is 13.8 Å². The molecule has 0 saturated heterocycles. The molecule has 0 fully saturated rings. The average Bonchev–Trinajstić information content (AvgIpc) is 2.99. The van der Waals surface area contributed by atoms with Gasteiger partial charge < -0.3 is 5.32 Å². The second kappa shape index (κ2) is 6.75. The Hall–Kier alpha value is -2.77. The van der Waals surface area contributed by atoms with Crippen LogP contribution in [-0.2, 0) is 11.3 Å². The van der Waals surface area contributed by atoms with E-state index in [1.807, 2.05) is 19.9 Å². The second-order valence-corrected chi connectivity index (χ2v) is 7.71. The number of nitrogens with one attached hydrogen (secondary N) is 1. The van der Waals surface area contributed by atoms with Crippen molar-refractivity contribution in [3.63, 3.8) is 0 Å². The predicted octanol–water partition coefficient (Wildman–Crippen LogP) is 3.92. The molecule has 0 spiro atoms.